The summed E-state index contributed by atoms with van der Waals surface area (Å²) in [4.78, 5) is 0. The molecular formula is C12H12F5. The van der Waals surface area contributed by atoms with Crippen molar-refractivity contribution < 1.29 is 22.0 Å². The Hall–Kier alpha value is -1.13. The predicted octanol–water partition coefficient (Wildman–Crippen LogP) is 4.69. The van der Waals surface area contributed by atoms with Crippen LogP contribution in [0.25, 0.3) is 0 Å². The largest absolute Gasteiger partial charge is 0.458 e. The molecule has 0 nitrogen and oxygen atoms in total. The molecule has 0 atom stereocenters. The molecule has 1 aromatic rings. The zero-order valence-corrected chi connectivity index (χ0v) is 9.19. The van der Waals surface area contributed by atoms with Crippen LogP contribution in [0.1, 0.15) is 30.9 Å². The first-order valence-corrected chi connectivity index (χ1v) is 5.17. The molecule has 0 heterocycles. The first-order valence-electron chi connectivity index (χ1n) is 5.17. The highest BCUT2D eigenvalue weighted by Gasteiger charge is 2.58. The standard InChI is InChI=1S/C12H12F5/c1-2-3-4-9-5-7-10(8-6-9)11(13,14)12(15,16)17/h4-8H,2-3H2,1H3. The Balaban J connectivity index is 2.87. The fourth-order valence-electron chi connectivity index (χ4n) is 1.30. The Bertz CT molecular complexity index is 350. The molecule has 0 aliphatic heterocycles. The van der Waals surface area contributed by atoms with Crippen molar-refractivity contribution in [3.8, 4) is 0 Å². The quantitative estimate of drug-likeness (QED) is 0.681. The van der Waals surface area contributed by atoms with Gasteiger partial charge in [-0.3, -0.25) is 0 Å². The molecule has 0 bridgehead atoms. The smallest absolute Gasteiger partial charge is 0.191 e. The molecule has 0 amide bonds. The molecule has 0 N–H and O–H groups in total. The maximum atomic E-state index is 12.9. The SMILES string of the molecule is CCC[CH]c1ccc(C(F)(F)C(F)(F)F)cc1. The van der Waals surface area contributed by atoms with Crippen LogP contribution in [-0.4, -0.2) is 6.18 Å². The molecule has 0 saturated heterocycles. The van der Waals surface area contributed by atoms with Crippen LogP contribution in [0.2, 0.25) is 0 Å². The van der Waals surface area contributed by atoms with E-state index in [9.17, 15) is 22.0 Å². The minimum atomic E-state index is -5.55. The highest BCUT2D eigenvalue weighted by atomic mass is 19.4. The van der Waals surface area contributed by atoms with Gasteiger partial charge in [0.2, 0.25) is 0 Å². The molecular weight excluding hydrogens is 239 g/mol. The molecule has 0 aromatic heterocycles. The molecule has 0 spiro atoms. The molecule has 5 heteroatoms. The van der Waals surface area contributed by atoms with Crippen LogP contribution in [0, 0.1) is 6.42 Å². The summed E-state index contributed by atoms with van der Waals surface area (Å²) in [5, 5.41) is 0. The van der Waals surface area contributed by atoms with Crippen LogP contribution < -0.4 is 0 Å². The summed E-state index contributed by atoms with van der Waals surface area (Å²) in [5.41, 5.74) is -0.382. The molecule has 0 saturated carbocycles. The first-order chi connectivity index (χ1) is 7.79. The zero-order chi connectivity index (χ0) is 13.1. The lowest BCUT2D eigenvalue weighted by Gasteiger charge is -2.19. The Morgan fingerprint density at radius 3 is 1.94 bits per heavy atom. The van der Waals surface area contributed by atoms with E-state index in [1.54, 1.807) is 6.42 Å². The van der Waals surface area contributed by atoms with Crippen molar-refractivity contribution in [1.29, 1.82) is 0 Å². The fraction of sp³-hybridized carbons (Fsp3) is 0.417. The number of rotatable bonds is 4. The van der Waals surface area contributed by atoms with Gasteiger partial charge in [0.05, 0.1) is 0 Å². The third kappa shape index (κ3) is 3.17. The number of unbranched alkanes of at least 4 members (excludes halogenated alkanes) is 1. The second kappa shape index (κ2) is 5.02. The molecule has 1 rings (SSSR count). The van der Waals surface area contributed by atoms with E-state index in [0.29, 0.717) is 5.56 Å². The van der Waals surface area contributed by atoms with E-state index in [0.717, 1.165) is 25.0 Å². The highest BCUT2D eigenvalue weighted by molar-refractivity contribution is 5.30. The van der Waals surface area contributed by atoms with Gasteiger partial charge in [0.25, 0.3) is 0 Å². The van der Waals surface area contributed by atoms with E-state index in [1.807, 2.05) is 6.92 Å². The van der Waals surface area contributed by atoms with Crippen LogP contribution in [0.5, 0.6) is 0 Å². The number of alkyl halides is 5. The van der Waals surface area contributed by atoms with Gasteiger partial charge in [-0.05, 0) is 18.4 Å². The lowest BCUT2D eigenvalue weighted by atomic mass is 10.0. The number of benzene rings is 1. The van der Waals surface area contributed by atoms with E-state index < -0.39 is 17.7 Å². The maximum absolute atomic E-state index is 12.9. The minimum Gasteiger partial charge on any atom is -0.191 e. The maximum Gasteiger partial charge on any atom is 0.458 e. The van der Waals surface area contributed by atoms with Crippen molar-refractivity contribution in [3.63, 3.8) is 0 Å². The topological polar surface area (TPSA) is 0 Å². The molecule has 1 radical (unpaired) electrons. The summed E-state index contributed by atoms with van der Waals surface area (Å²) < 4.78 is 62.0. The molecule has 0 aliphatic carbocycles. The zero-order valence-electron chi connectivity index (χ0n) is 9.19. The summed E-state index contributed by atoms with van der Waals surface area (Å²) in [6.45, 7) is 1.95. The average molecular weight is 251 g/mol. The molecule has 95 valence electrons. The monoisotopic (exact) mass is 251 g/mol. The van der Waals surface area contributed by atoms with Gasteiger partial charge in [0, 0.05) is 5.56 Å². The summed E-state index contributed by atoms with van der Waals surface area (Å²) in [6, 6.07) is 4.17. The minimum absolute atomic E-state index is 0.647. The summed E-state index contributed by atoms with van der Waals surface area (Å²) in [7, 11) is 0. The van der Waals surface area contributed by atoms with Gasteiger partial charge >= 0.3 is 12.1 Å². The van der Waals surface area contributed by atoms with E-state index in [1.165, 1.54) is 12.1 Å². The third-order valence-electron chi connectivity index (χ3n) is 2.30. The van der Waals surface area contributed by atoms with Gasteiger partial charge in [-0.1, -0.05) is 37.6 Å². The molecule has 0 aliphatic rings. The third-order valence-corrected chi connectivity index (χ3v) is 2.30. The fourth-order valence-corrected chi connectivity index (χ4v) is 1.30. The van der Waals surface area contributed by atoms with E-state index in [4.69, 9.17) is 0 Å². The Kier molecular flexibility index (Phi) is 4.11. The van der Waals surface area contributed by atoms with E-state index >= 15 is 0 Å². The van der Waals surface area contributed by atoms with Crippen molar-refractivity contribution in [2.75, 3.05) is 0 Å². The molecule has 1 aromatic carbocycles. The number of halogens is 5. The van der Waals surface area contributed by atoms with Crippen LogP contribution in [0.15, 0.2) is 24.3 Å². The van der Waals surface area contributed by atoms with Gasteiger partial charge in [-0.2, -0.15) is 22.0 Å². The van der Waals surface area contributed by atoms with Crippen LogP contribution in [0.4, 0.5) is 22.0 Å². The molecule has 0 unspecified atom stereocenters. The predicted molar refractivity (Wildman–Crippen MR) is 54.7 cm³/mol. The lowest BCUT2D eigenvalue weighted by molar-refractivity contribution is -0.289. The Morgan fingerprint density at radius 1 is 1.00 bits per heavy atom. The normalized spacial score (nSPS) is 12.8. The molecule has 17 heavy (non-hydrogen) atoms. The van der Waals surface area contributed by atoms with Gasteiger partial charge in [-0.15, -0.1) is 0 Å². The Morgan fingerprint density at radius 2 is 1.53 bits per heavy atom. The summed E-state index contributed by atoms with van der Waals surface area (Å²) >= 11 is 0. The van der Waals surface area contributed by atoms with Gasteiger partial charge < -0.3 is 0 Å². The lowest BCUT2D eigenvalue weighted by Crippen LogP contribution is -2.33. The van der Waals surface area contributed by atoms with Crippen molar-refractivity contribution >= 4 is 0 Å². The van der Waals surface area contributed by atoms with Crippen molar-refractivity contribution in [3.05, 3.63) is 41.8 Å². The van der Waals surface area contributed by atoms with Crippen LogP contribution in [-0.2, 0) is 5.92 Å². The van der Waals surface area contributed by atoms with Crippen molar-refractivity contribution in [2.45, 2.75) is 31.9 Å². The van der Waals surface area contributed by atoms with Crippen molar-refractivity contribution in [1.82, 2.24) is 0 Å². The van der Waals surface area contributed by atoms with Gasteiger partial charge in [-0.25, -0.2) is 0 Å². The van der Waals surface area contributed by atoms with Crippen molar-refractivity contribution in [2.24, 2.45) is 0 Å². The first kappa shape index (κ1) is 13.9. The highest BCUT2D eigenvalue weighted by Crippen LogP contribution is 2.43. The van der Waals surface area contributed by atoms with Gasteiger partial charge in [0.15, 0.2) is 0 Å². The van der Waals surface area contributed by atoms with E-state index in [-0.39, 0.29) is 0 Å². The number of hydrogen-bond acceptors (Lipinski definition) is 0. The Labute approximate surface area is 96.4 Å². The molecule has 0 fully saturated rings. The van der Waals surface area contributed by atoms with Crippen LogP contribution >= 0.6 is 0 Å². The second-order valence-electron chi connectivity index (χ2n) is 3.69. The van der Waals surface area contributed by atoms with Gasteiger partial charge in [0.1, 0.15) is 0 Å². The summed E-state index contributed by atoms with van der Waals surface area (Å²) in [6.07, 6.45) is -2.12. The van der Waals surface area contributed by atoms with Crippen LogP contribution in [0.3, 0.4) is 0 Å². The van der Waals surface area contributed by atoms with E-state index in [2.05, 4.69) is 0 Å². The second-order valence-corrected chi connectivity index (χ2v) is 3.69. The number of hydrogen-bond donors (Lipinski definition) is 0. The average Bonchev–Trinajstić information content (AvgIpc) is 2.25. The summed E-state index contributed by atoms with van der Waals surface area (Å²) in [5.74, 6) is -4.80.